The van der Waals surface area contributed by atoms with Crippen molar-refractivity contribution in [3.8, 4) is 5.75 Å². The smallest absolute Gasteiger partial charge is 0.229 e. The zero-order valence-electron chi connectivity index (χ0n) is 14.0. The van der Waals surface area contributed by atoms with Crippen LogP contribution in [0, 0.1) is 0 Å². The highest BCUT2D eigenvalue weighted by atomic mass is 16.5. The van der Waals surface area contributed by atoms with Crippen LogP contribution in [0.1, 0.15) is 17.0 Å². The molecule has 2 N–H and O–H groups in total. The number of benzene rings is 1. The first-order valence-corrected chi connectivity index (χ1v) is 8.10. The third kappa shape index (κ3) is 4.91. The molecular weight excluding hydrogens is 316 g/mol. The van der Waals surface area contributed by atoms with Crippen LogP contribution in [-0.4, -0.2) is 28.2 Å². The second-order valence-corrected chi connectivity index (χ2v) is 5.67. The second kappa shape index (κ2) is 8.10. The first-order chi connectivity index (χ1) is 12.2. The van der Waals surface area contributed by atoms with Crippen molar-refractivity contribution in [1.82, 2.24) is 15.2 Å². The van der Waals surface area contributed by atoms with Crippen molar-refractivity contribution >= 4 is 11.7 Å². The molecular formula is C19H20N4O2. The number of amides is 1. The van der Waals surface area contributed by atoms with Crippen LogP contribution < -0.4 is 10.1 Å². The molecule has 25 heavy (non-hydrogen) atoms. The fraction of sp³-hybridized carbons (Fsp3) is 0.211. The first kappa shape index (κ1) is 16.7. The largest absolute Gasteiger partial charge is 0.497 e. The number of hydrogen-bond donors (Lipinski definition) is 2. The number of pyridine rings is 1. The van der Waals surface area contributed by atoms with Gasteiger partial charge >= 0.3 is 0 Å². The number of carbonyl (C=O) groups excluding carboxylic acids is 1. The van der Waals surface area contributed by atoms with E-state index in [1.54, 1.807) is 13.3 Å². The molecule has 0 aliphatic carbocycles. The van der Waals surface area contributed by atoms with Gasteiger partial charge in [0.25, 0.3) is 0 Å². The van der Waals surface area contributed by atoms with Gasteiger partial charge in [-0.05, 0) is 42.7 Å². The van der Waals surface area contributed by atoms with Crippen LogP contribution in [-0.2, 0) is 24.1 Å². The van der Waals surface area contributed by atoms with Gasteiger partial charge in [-0.1, -0.05) is 18.2 Å². The molecule has 0 atom stereocenters. The van der Waals surface area contributed by atoms with E-state index >= 15 is 0 Å². The van der Waals surface area contributed by atoms with Crippen molar-refractivity contribution in [1.29, 1.82) is 0 Å². The molecule has 0 aliphatic rings. The Morgan fingerprint density at radius 1 is 1.12 bits per heavy atom. The van der Waals surface area contributed by atoms with Gasteiger partial charge in [0.2, 0.25) is 5.91 Å². The summed E-state index contributed by atoms with van der Waals surface area (Å²) in [6, 6.07) is 15.2. The van der Waals surface area contributed by atoms with E-state index in [-0.39, 0.29) is 12.3 Å². The lowest BCUT2D eigenvalue weighted by atomic mass is 10.1. The van der Waals surface area contributed by atoms with Gasteiger partial charge in [-0.15, -0.1) is 0 Å². The number of ether oxygens (including phenoxy) is 1. The molecule has 6 nitrogen and oxygen atoms in total. The number of methoxy groups -OCH3 is 1. The van der Waals surface area contributed by atoms with Gasteiger partial charge in [0.1, 0.15) is 11.6 Å². The van der Waals surface area contributed by atoms with Gasteiger partial charge < -0.3 is 10.1 Å². The predicted octanol–water partition coefficient (Wildman–Crippen LogP) is 2.78. The fourth-order valence-electron chi connectivity index (χ4n) is 2.52. The average Bonchev–Trinajstić information content (AvgIpc) is 3.08. The Bertz CT molecular complexity index is 830. The summed E-state index contributed by atoms with van der Waals surface area (Å²) in [5, 5.41) is 9.92. The van der Waals surface area contributed by atoms with Crippen LogP contribution in [0.3, 0.4) is 0 Å². The lowest BCUT2D eigenvalue weighted by Crippen LogP contribution is -2.14. The Morgan fingerprint density at radius 2 is 2.00 bits per heavy atom. The standard InChI is InChI=1S/C19H20N4O2/c1-25-17-7-4-5-14(11-17)12-19(24)21-18-13-16(22-23-18)9-8-15-6-2-3-10-20-15/h2-7,10-11,13H,8-9,12H2,1H3,(H2,21,22,23,24). The van der Waals surface area contributed by atoms with Crippen LogP contribution in [0.5, 0.6) is 5.75 Å². The number of aromatic nitrogens is 3. The Balaban J connectivity index is 1.52. The Hall–Kier alpha value is -3.15. The van der Waals surface area contributed by atoms with Crippen molar-refractivity contribution in [3.63, 3.8) is 0 Å². The monoisotopic (exact) mass is 336 g/mol. The lowest BCUT2D eigenvalue weighted by Gasteiger charge is -2.04. The van der Waals surface area contributed by atoms with Gasteiger partial charge in [-0.25, -0.2) is 0 Å². The van der Waals surface area contributed by atoms with Gasteiger partial charge in [-0.3, -0.25) is 14.9 Å². The molecule has 3 aromatic rings. The van der Waals surface area contributed by atoms with Crippen molar-refractivity contribution < 1.29 is 9.53 Å². The molecule has 0 radical (unpaired) electrons. The number of nitrogens with one attached hydrogen (secondary N) is 2. The van der Waals surface area contributed by atoms with Crippen LogP contribution in [0.25, 0.3) is 0 Å². The molecule has 3 rings (SSSR count). The van der Waals surface area contributed by atoms with E-state index in [0.29, 0.717) is 5.82 Å². The normalized spacial score (nSPS) is 10.4. The lowest BCUT2D eigenvalue weighted by molar-refractivity contribution is -0.115. The summed E-state index contributed by atoms with van der Waals surface area (Å²) in [6.45, 7) is 0. The van der Waals surface area contributed by atoms with Gasteiger partial charge in [0.05, 0.1) is 19.2 Å². The molecule has 128 valence electrons. The minimum Gasteiger partial charge on any atom is -0.497 e. The zero-order valence-corrected chi connectivity index (χ0v) is 14.0. The summed E-state index contributed by atoms with van der Waals surface area (Å²) in [6.07, 6.45) is 3.63. The summed E-state index contributed by atoms with van der Waals surface area (Å²) in [5.74, 6) is 1.24. The number of rotatable bonds is 7. The van der Waals surface area contributed by atoms with E-state index in [0.717, 1.165) is 35.5 Å². The van der Waals surface area contributed by atoms with Crippen molar-refractivity contribution in [2.75, 3.05) is 12.4 Å². The van der Waals surface area contributed by atoms with Gasteiger partial charge in [0, 0.05) is 18.0 Å². The quantitative estimate of drug-likeness (QED) is 0.695. The SMILES string of the molecule is COc1cccc(CC(=O)Nc2cc(CCc3ccccn3)n[nH]2)c1. The predicted molar refractivity (Wildman–Crippen MR) is 95.6 cm³/mol. The van der Waals surface area contributed by atoms with Gasteiger partial charge in [-0.2, -0.15) is 5.10 Å². The van der Waals surface area contributed by atoms with Crippen LogP contribution in [0.4, 0.5) is 5.82 Å². The van der Waals surface area contributed by atoms with Crippen LogP contribution in [0.2, 0.25) is 0 Å². The van der Waals surface area contributed by atoms with Crippen molar-refractivity contribution in [2.24, 2.45) is 0 Å². The van der Waals surface area contributed by atoms with Crippen molar-refractivity contribution in [2.45, 2.75) is 19.3 Å². The number of aromatic amines is 1. The fourth-order valence-corrected chi connectivity index (χ4v) is 2.52. The molecule has 1 amide bonds. The number of nitrogens with zero attached hydrogens (tertiary/aromatic N) is 2. The molecule has 0 saturated heterocycles. The summed E-state index contributed by atoms with van der Waals surface area (Å²) in [7, 11) is 1.61. The minimum absolute atomic E-state index is 0.104. The van der Waals surface area contributed by atoms with E-state index in [9.17, 15) is 4.79 Å². The van der Waals surface area contributed by atoms with E-state index < -0.39 is 0 Å². The van der Waals surface area contributed by atoms with Crippen LogP contribution in [0.15, 0.2) is 54.7 Å². The molecule has 0 spiro atoms. The molecule has 6 heteroatoms. The van der Waals surface area contributed by atoms with Gasteiger partial charge in [0.15, 0.2) is 0 Å². The molecule has 1 aromatic carbocycles. The molecule has 2 heterocycles. The molecule has 0 bridgehead atoms. The van der Waals surface area contributed by atoms with E-state index in [2.05, 4.69) is 20.5 Å². The third-order valence-electron chi connectivity index (χ3n) is 3.77. The van der Waals surface area contributed by atoms with Crippen molar-refractivity contribution in [3.05, 3.63) is 71.7 Å². The Kier molecular flexibility index (Phi) is 5.41. The number of aryl methyl sites for hydroxylation is 2. The molecule has 0 fully saturated rings. The van der Waals surface area contributed by atoms with E-state index in [1.807, 2.05) is 48.5 Å². The van der Waals surface area contributed by atoms with Crippen LogP contribution >= 0.6 is 0 Å². The van der Waals surface area contributed by atoms with E-state index in [4.69, 9.17) is 4.74 Å². The minimum atomic E-state index is -0.104. The topological polar surface area (TPSA) is 79.9 Å². The highest BCUT2D eigenvalue weighted by Crippen LogP contribution is 2.14. The number of hydrogen-bond acceptors (Lipinski definition) is 4. The highest BCUT2D eigenvalue weighted by Gasteiger charge is 2.08. The maximum absolute atomic E-state index is 12.2. The second-order valence-electron chi connectivity index (χ2n) is 5.67. The number of carbonyl (C=O) groups is 1. The molecule has 0 aliphatic heterocycles. The summed E-state index contributed by atoms with van der Waals surface area (Å²) in [4.78, 5) is 16.5. The maximum atomic E-state index is 12.2. The van der Waals surface area contributed by atoms with E-state index in [1.165, 1.54) is 0 Å². The zero-order chi connectivity index (χ0) is 17.5. The first-order valence-electron chi connectivity index (χ1n) is 8.10. The molecule has 0 saturated carbocycles. The highest BCUT2D eigenvalue weighted by molar-refractivity contribution is 5.91. The Morgan fingerprint density at radius 3 is 2.80 bits per heavy atom. The number of anilines is 1. The molecule has 2 aromatic heterocycles. The molecule has 0 unspecified atom stereocenters. The summed E-state index contributed by atoms with van der Waals surface area (Å²) < 4.78 is 5.17. The third-order valence-corrected chi connectivity index (χ3v) is 3.77. The average molecular weight is 336 g/mol. The summed E-state index contributed by atoms with van der Waals surface area (Å²) in [5.41, 5.74) is 2.81. The maximum Gasteiger partial charge on any atom is 0.229 e. The summed E-state index contributed by atoms with van der Waals surface area (Å²) >= 11 is 0. The number of H-pyrrole nitrogens is 1. The Labute approximate surface area is 146 Å².